The molecule has 22 heavy (non-hydrogen) atoms. The van der Waals surface area contributed by atoms with Gasteiger partial charge in [-0.25, -0.2) is 5.43 Å². The average molecular weight is 311 g/mol. The van der Waals surface area contributed by atoms with Crippen molar-refractivity contribution in [3.63, 3.8) is 0 Å². The number of nitrogens with one attached hydrogen (secondary N) is 2. The van der Waals surface area contributed by atoms with Crippen LogP contribution in [-0.2, 0) is 11.0 Å². The topological polar surface area (TPSA) is 53.5 Å². The molecule has 0 radical (unpaired) electrons. The number of hydrazone groups is 1. The molecule has 0 spiro atoms. The molecule has 0 bridgehead atoms. The minimum Gasteiger partial charge on any atom is -0.376 e. The van der Waals surface area contributed by atoms with E-state index in [4.69, 9.17) is 0 Å². The van der Waals surface area contributed by atoms with Crippen molar-refractivity contribution in [3.8, 4) is 0 Å². The van der Waals surface area contributed by atoms with E-state index in [9.17, 15) is 18.0 Å². The Kier molecular flexibility index (Phi) is 4.85. The largest absolute Gasteiger partial charge is 0.416 e. The lowest BCUT2D eigenvalue weighted by atomic mass is 10.2. The van der Waals surface area contributed by atoms with Crippen molar-refractivity contribution in [2.45, 2.75) is 25.9 Å². The number of amides is 1. The van der Waals surface area contributed by atoms with Gasteiger partial charge in [0.25, 0.3) is 5.91 Å². The molecule has 1 aliphatic carbocycles. The normalized spacial score (nSPS) is 16.5. The standard InChI is InChI=1S/C15H16F3N3O/c1-10-5-6-13(7-10)20-21-14(22)9-19-12-4-2-3-11(8-12)15(16,17)18/h2-4,7-8,19H,5-6,9H2,1H3,(H,21,22)/b20-13+. The van der Waals surface area contributed by atoms with E-state index < -0.39 is 17.6 Å². The average Bonchev–Trinajstić information content (AvgIpc) is 2.88. The van der Waals surface area contributed by atoms with Crippen LogP contribution in [0.25, 0.3) is 0 Å². The lowest BCUT2D eigenvalue weighted by Crippen LogP contribution is -2.26. The van der Waals surface area contributed by atoms with Gasteiger partial charge in [-0.05, 0) is 44.0 Å². The number of benzene rings is 1. The molecule has 0 heterocycles. The van der Waals surface area contributed by atoms with Crippen LogP contribution in [-0.4, -0.2) is 18.2 Å². The lowest BCUT2D eigenvalue weighted by Gasteiger charge is -2.10. The second-order valence-electron chi connectivity index (χ2n) is 5.06. The highest BCUT2D eigenvalue weighted by Gasteiger charge is 2.30. The van der Waals surface area contributed by atoms with Crippen LogP contribution in [0.5, 0.6) is 0 Å². The van der Waals surface area contributed by atoms with Crippen LogP contribution in [0.4, 0.5) is 18.9 Å². The number of allylic oxidation sites excluding steroid dienone is 2. The first kappa shape index (κ1) is 16.1. The minimum absolute atomic E-state index is 0.152. The van der Waals surface area contributed by atoms with Gasteiger partial charge in [0.1, 0.15) is 0 Å². The number of carbonyl (C=O) groups is 1. The van der Waals surface area contributed by atoms with E-state index in [2.05, 4.69) is 15.8 Å². The fourth-order valence-electron chi connectivity index (χ4n) is 2.00. The van der Waals surface area contributed by atoms with Gasteiger partial charge in [0, 0.05) is 5.69 Å². The second kappa shape index (κ2) is 6.64. The molecular formula is C15H16F3N3O. The molecule has 0 aromatic heterocycles. The molecule has 0 unspecified atom stereocenters. The molecule has 0 saturated carbocycles. The highest BCUT2D eigenvalue weighted by molar-refractivity contribution is 5.98. The fourth-order valence-corrected chi connectivity index (χ4v) is 2.00. The summed E-state index contributed by atoms with van der Waals surface area (Å²) in [6.45, 7) is 1.83. The number of hydrogen-bond acceptors (Lipinski definition) is 3. The number of carbonyl (C=O) groups excluding carboxylic acids is 1. The molecule has 1 amide bonds. The molecular weight excluding hydrogens is 295 g/mol. The number of nitrogens with zero attached hydrogens (tertiary/aromatic N) is 1. The number of alkyl halides is 3. The van der Waals surface area contributed by atoms with E-state index in [1.165, 1.54) is 17.7 Å². The summed E-state index contributed by atoms with van der Waals surface area (Å²) < 4.78 is 37.7. The molecule has 118 valence electrons. The van der Waals surface area contributed by atoms with Gasteiger partial charge < -0.3 is 5.32 Å². The summed E-state index contributed by atoms with van der Waals surface area (Å²) in [5.74, 6) is -0.414. The highest BCUT2D eigenvalue weighted by Crippen LogP contribution is 2.30. The van der Waals surface area contributed by atoms with Crippen LogP contribution in [0.1, 0.15) is 25.3 Å². The van der Waals surface area contributed by atoms with Crippen molar-refractivity contribution in [2.24, 2.45) is 5.10 Å². The molecule has 2 N–H and O–H groups in total. The van der Waals surface area contributed by atoms with Crippen LogP contribution in [0.3, 0.4) is 0 Å². The van der Waals surface area contributed by atoms with E-state index in [1.54, 1.807) is 0 Å². The van der Waals surface area contributed by atoms with Crippen molar-refractivity contribution < 1.29 is 18.0 Å². The smallest absolute Gasteiger partial charge is 0.376 e. The van der Waals surface area contributed by atoms with Gasteiger partial charge in [-0.15, -0.1) is 0 Å². The van der Waals surface area contributed by atoms with Crippen LogP contribution in [0.15, 0.2) is 41.0 Å². The Morgan fingerprint density at radius 2 is 2.09 bits per heavy atom. The molecule has 0 fully saturated rings. The number of hydrogen-bond donors (Lipinski definition) is 2. The van der Waals surface area contributed by atoms with E-state index in [1.807, 2.05) is 13.0 Å². The molecule has 7 heteroatoms. The van der Waals surface area contributed by atoms with Gasteiger partial charge in [-0.3, -0.25) is 4.79 Å². The van der Waals surface area contributed by atoms with E-state index in [-0.39, 0.29) is 12.2 Å². The fraction of sp³-hybridized carbons (Fsp3) is 0.333. The minimum atomic E-state index is -4.40. The summed E-state index contributed by atoms with van der Waals surface area (Å²) in [4.78, 5) is 11.6. The van der Waals surface area contributed by atoms with Crippen LogP contribution < -0.4 is 10.7 Å². The number of anilines is 1. The SMILES string of the molecule is CC1=C/C(=N/NC(=O)CNc2cccc(C(F)(F)F)c2)CC1. The van der Waals surface area contributed by atoms with Crippen molar-refractivity contribution in [1.29, 1.82) is 0 Å². The monoisotopic (exact) mass is 311 g/mol. The molecule has 4 nitrogen and oxygen atoms in total. The predicted octanol–water partition coefficient (Wildman–Crippen LogP) is 3.33. The Morgan fingerprint density at radius 3 is 2.73 bits per heavy atom. The summed E-state index contributed by atoms with van der Waals surface area (Å²) in [5, 5.41) is 6.61. The molecule has 0 aliphatic heterocycles. The second-order valence-corrected chi connectivity index (χ2v) is 5.06. The number of rotatable bonds is 4. The zero-order valence-electron chi connectivity index (χ0n) is 12.0. The van der Waals surface area contributed by atoms with Crippen molar-refractivity contribution in [2.75, 3.05) is 11.9 Å². The third-order valence-corrected chi connectivity index (χ3v) is 3.16. The maximum Gasteiger partial charge on any atom is 0.416 e. The van der Waals surface area contributed by atoms with Gasteiger partial charge in [0.15, 0.2) is 0 Å². The molecule has 2 rings (SSSR count). The van der Waals surface area contributed by atoms with E-state index in [0.717, 1.165) is 30.7 Å². The van der Waals surface area contributed by atoms with Crippen molar-refractivity contribution in [3.05, 3.63) is 41.5 Å². The van der Waals surface area contributed by atoms with Gasteiger partial charge >= 0.3 is 6.18 Å². The maximum absolute atomic E-state index is 12.6. The molecule has 0 atom stereocenters. The quantitative estimate of drug-likeness (QED) is 0.838. The maximum atomic E-state index is 12.6. The van der Waals surface area contributed by atoms with Crippen LogP contribution in [0.2, 0.25) is 0 Å². The van der Waals surface area contributed by atoms with Gasteiger partial charge in [-0.1, -0.05) is 11.6 Å². The first-order valence-electron chi connectivity index (χ1n) is 6.78. The Labute approximate surface area is 126 Å². The van der Waals surface area contributed by atoms with Gasteiger partial charge in [0.05, 0.1) is 17.8 Å². The first-order chi connectivity index (χ1) is 10.3. The first-order valence-corrected chi connectivity index (χ1v) is 6.78. The summed E-state index contributed by atoms with van der Waals surface area (Å²) in [5.41, 5.74) is 3.85. The Morgan fingerprint density at radius 1 is 1.32 bits per heavy atom. The highest BCUT2D eigenvalue weighted by atomic mass is 19.4. The predicted molar refractivity (Wildman–Crippen MR) is 78.5 cm³/mol. The third-order valence-electron chi connectivity index (χ3n) is 3.16. The van der Waals surface area contributed by atoms with Gasteiger partial charge in [-0.2, -0.15) is 18.3 Å². The summed E-state index contributed by atoms with van der Waals surface area (Å²) in [7, 11) is 0. The Hall–Kier alpha value is -2.31. The van der Waals surface area contributed by atoms with Crippen LogP contribution >= 0.6 is 0 Å². The zero-order valence-corrected chi connectivity index (χ0v) is 12.0. The Bertz CT molecular complexity index is 621. The third kappa shape index (κ3) is 4.61. The zero-order chi connectivity index (χ0) is 16.2. The summed E-state index contributed by atoms with van der Waals surface area (Å²) >= 11 is 0. The Balaban J connectivity index is 1.86. The van der Waals surface area contributed by atoms with Crippen LogP contribution in [0, 0.1) is 0 Å². The van der Waals surface area contributed by atoms with E-state index >= 15 is 0 Å². The van der Waals surface area contributed by atoms with E-state index in [0.29, 0.717) is 0 Å². The molecule has 1 aromatic rings. The number of halogens is 3. The molecule has 1 aliphatic rings. The summed E-state index contributed by atoms with van der Waals surface area (Å²) in [6, 6.07) is 4.70. The van der Waals surface area contributed by atoms with Gasteiger partial charge in [0.2, 0.25) is 0 Å². The van der Waals surface area contributed by atoms with Crippen molar-refractivity contribution >= 4 is 17.3 Å². The molecule has 0 saturated heterocycles. The molecule has 1 aromatic carbocycles. The van der Waals surface area contributed by atoms with Crippen molar-refractivity contribution in [1.82, 2.24) is 5.43 Å². The summed E-state index contributed by atoms with van der Waals surface area (Å²) in [6.07, 6.45) is -0.788. The lowest BCUT2D eigenvalue weighted by molar-refractivity contribution is -0.137.